The van der Waals surface area contributed by atoms with Crippen LogP contribution in [0.4, 0.5) is 5.69 Å². The second kappa shape index (κ2) is 7.70. The second-order valence-corrected chi connectivity index (χ2v) is 4.93. The lowest BCUT2D eigenvalue weighted by molar-refractivity contribution is 0.747. The van der Waals surface area contributed by atoms with Gasteiger partial charge in [-0.15, -0.1) is 11.6 Å². The fraction of sp³-hybridized carbons (Fsp3) is 0.333. The zero-order chi connectivity index (χ0) is 14.2. The fourth-order valence-corrected chi connectivity index (χ4v) is 2.08. The topological polar surface area (TPSA) is 57.8 Å². The highest BCUT2D eigenvalue weighted by Crippen LogP contribution is 2.18. The zero-order valence-electron chi connectivity index (χ0n) is 11.2. The molecule has 0 radical (unpaired) electrons. The van der Waals surface area contributed by atoms with E-state index in [0.29, 0.717) is 0 Å². The third-order valence-electron chi connectivity index (χ3n) is 2.99. The maximum Gasteiger partial charge on any atom is 0.266 e. The van der Waals surface area contributed by atoms with Crippen molar-refractivity contribution in [1.29, 1.82) is 0 Å². The Balaban J connectivity index is 1.89. The van der Waals surface area contributed by atoms with Crippen molar-refractivity contribution in [3.8, 4) is 11.3 Å². The van der Waals surface area contributed by atoms with Gasteiger partial charge in [0.25, 0.3) is 5.56 Å². The van der Waals surface area contributed by atoms with E-state index in [1.807, 2.05) is 24.3 Å². The number of halogens is 1. The van der Waals surface area contributed by atoms with Gasteiger partial charge in [-0.25, -0.2) is 4.98 Å². The molecule has 0 aliphatic carbocycles. The quantitative estimate of drug-likeness (QED) is 0.608. The van der Waals surface area contributed by atoms with Crippen molar-refractivity contribution < 1.29 is 0 Å². The molecule has 1 aromatic carbocycles. The molecular formula is C15H18ClN3O. The van der Waals surface area contributed by atoms with Gasteiger partial charge in [-0.05, 0) is 25.0 Å². The van der Waals surface area contributed by atoms with Gasteiger partial charge in [0.05, 0.1) is 11.9 Å². The minimum atomic E-state index is -0.191. The molecule has 1 aromatic heterocycles. The third-order valence-corrected chi connectivity index (χ3v) is 3.26. The number of anilines is 1. The lowest BCUT2D eigenvalue weighted by Crippen LogP contribution is -2.04. The number of rotatable bonds is 7. The van der Waals surface area contributed by atoms with Crippen LogP contribution in [0.1, 0.15) is 19.3 Å². The summed E-state index contributed by atoms with van der Waals surface area (Å²) in [5.41, 5.74) is 2.64. The summed E-state index contributed by atoms with van der Waals surface area (Å²) in [7, 11) is 0. The fourth-order valence-electron chi connectivity index (χ4n) is 1.89. The molecule has 5 heteroatoms. The van der Waals surface area contributed by atoms with Crippen LogP contribution in [-0.4, -0.2) is 22.4 Å². The molecule has 0 aliphatic rings. The van der Waals surface area contributed by atoms with E-state index < -0.39 is 0 Å². The molecule has 1 heterocycles. The Hall–Kier alpha value is -1.81. The number of hydrogen-bond donors (Lipinski definition) is 2. The Morgan fingerprint density at radius 2 is 1.95 bits per heavy atom. The summed E-state index contributed by atoms with van der Waals surface area (Å²) < 4.78 is 0. The highest BCUT2D eigenvalue weighted by atomic mass is 35.5. The lowest BCUT2D eigenvalue weighted by atomic mass is 10.1. The van der Waals surface area contributed by atoms with Crippen LogP contribution in [-0.2, 0) is 0 Å². The number of unbranched alkanes of at least 4 members (excludes halogenated alkanes) is 2. The summed E-state index contributed by atoms with van der Waals surface area (Å²) in [5, 5.41) is 3.37. The molecule has 0 bridgehead atoms. The average molecular weight is 292 g/mol. The largest absolute Gasteiger partial charge is 0.385 e. The normalized spacial score (nSPS) is 10.4. The van der Waals surface area contributed by atoms with E-state index in [0.717, 1.165) is 48.6 Å². The van der Waals surface area contributed by atoms with Gasteiger partial charge in [-0.3, -0.25) is 4.79 Å². The first-order valence-electron chi connectivity index (χ1n) is 6.74. The number of hydrogen-bond acceptors (Lipinski definition) is 3. The van der Waals surface area contributed by atoms with E-state index in [1.165, 1.54) is 6.20 Å². The van der Waals surface area contributed by atoms with Crippen LogP contribution in [0.25, 0.3) is 11.3 Å². The molecule has 0 fully saturated rings. The molecule has 106 valence electrons. The summed E-state index contributed by atoms with van der Waals surface area (Å²) in [5.74, 6) is 0.737. The predicted molar refractivity (Wildman–Crippen MR) is 83.4 cm³/mol. The van der Waals surface area contributed by atoms with Gasteiger partial charge in [0, 0.05) is 29.9 Å². The summed E-state index contributed by atoms with van der Waals surface area (Å²) >= 11 is 5.63. The molecule has 4 nitrogen and oxygen atoms in total. The van der Waals surface area contributed by atoms with Gasteiger partial charge in [0.15, 0.2) is 0 Å². The number of alkyl halides is 1. The smallest absolute Gasteiger partial charge is 0.266 e. The average Bonchev–Trinajstić information content (AvgIpc) is 2.49. The van der Waals surface area contributed by atoms with E-state index >= 15 is 0 Å². The Kier molecular flexibility index (Phi) is 5.62. The van der Waals surface area contributed by atoms with Gasteiger partial charge in [0.2, 0.25) is 0 Å². The van der Waals surface area contributed by atoms with Gasteiger partial charge >= 0.3 is 0 Å². The number of H-pyrrole nitrogens is 1. The number of nitrogens with zero attached hydrogens (tertiary/aromatic N) is 1. The van der Waals surface area contributed by atoms with Crippen LogP contribution < -0.4 is 10.9 Å². The molecule has 0 unspecified atom stereocenters. The van der Waals surface area contributed by atoms with Gasteiger partial charge in [-0.1, -0.05) is 18.6 Å². The van der Waals surface area contributed by atoms with Crippen molar-refractivity contribution in [3.63, 3.8) is 0 Å². The maximum atomic E-state index is 11.0. The summed E-state index contributed by atoms with van der Waals surface area (Å²) in [6.45, 7) is 0.952. The molecule has 0 atom stereocenters. The molecule has 0 saturated carbocycles. The molecule has 0 saturated heterocycles. The van der Waals surface area contributed by atoms with Crippen molar-refractivity contribution in [2.75, 3.05) is 17.7 Å². The van der Waals surface area contributed by atoms with Gasteiger partial charge in [0.1, 0.15) is 0 Å². The SMILES string of the molecule is O=c1cnc(-c2ccc(NCCCCCCl)cc2)c[nH]1. The predicted octanol–water partition coefficient (Wildman–Crippen LogP) is 3.26. The van der Waals surface area contributed by atoms with Gasteiger partial charge < -0.3 is 10.3 Å². The first kappa shape index (κ1) is 14.6. The monoisotopic (exact) mass is 291 g/mol. The second-order valence-electron chi connectivity index (χ2n) is 4.55. The number of aromatic nitrogens is 2. The van der Waals surface area contributed by atoms with E-state index in [-0.39, 0.29) is 5.56 Å². The van der Waals surface area contributed by atoms with E-state index in [4.69, 9.17) is 11.6 Å². The highest BCUT2D eigenvalue weighted by Gasteiger charge is 1.99. The van der Waals surface area contributed by atoms with Crippen molar-refractivity contribution in [3.05, 3.63) is 47.0 Å². The highest BCUT2D eigenvalue weighted by molar-refractivity contribution is 6.17. The van der Waals surface area contributed by atoms with Crippen molar-refractivity contribution >= 4 is 17.3 Å². The van der Waals surface area contributed by atoms with Crippen molar-refractivity contribution in [1.82, 2.24) is 9.97 Å². The number of nitrogens with one attached hydrogen (secondary N) is 2. The molecular weight excluding hydrogens is 274 g/mol. The van der Waals surface area contributed by atoms with Crippen LogP contribution >= 0.6 is 11.6 Å². The maximum absolute atomic E-state index is 11.0. The molecule has 0 spiro atoms. The van der Waals surface area contributed by atoms with Crippen LogP contribution in [0.2, 0.25) is 0 Å². The molecule has 2 rings (SSSR count). The molecule has 20 heavy (non-hydrogen) atoms. The van der Waals surface area contributed by atoms with Crippen molar-refractivity contribution in [2.24, 2.45) is 0 Å². The zero-order valence-corrected chi connectivity index (χ0v) is 12.0. The Morgan fingerprint density at radius 3 is 2.60 bits per heavy atom. The first-order valence-corrected chi connectivity index (χ1v) is 7.28. The van der Waals surface area contributed by atoms with Crippen LogP contribution in [0.5, 0.6) is 0 Å². The lowest BCUT2D eigenvalue weighted by Gasteiger charge is -2.07. The first-order chi connectivity index (χ1) is 9.79. The van der Waals surface area contributed by atoms with Crippen LogP contribution in [0.3, 0.4) is 0 Å². The standard InChI is InChI=1S/C15H18ClN3O/c16-8-2-1-3-9-17-13-6-4-12(5-7-13)14-10-19-15(20)11-18-14/h4-7,10-11,17H,1-3,8-9H2,(H,19,20). The van der Waals surface area contributed by atoms with Crippen molar-refractivity contribution in [2.45, 2.75) is 19.3 Å². The number of benzene rings is 1. The summed E-state index contributed by atoms with van der Waals surface area (Å²) in [6, 6.07) is 8.01. The third kappa shape index (κ3) is 4.38. The summed E-state index contributed by atoms with van der Waals surface area (Å²) in [6.07, 6.45) is 6.25. The van der Waals surface area contributed by atoms with Crippen LogP contribution in [0.15, 0.2) is 41.5 Å². The Bertz CT molecular complexity index is 560. The molecule has 2 N–H and O–H groups in total. The van der Waals surface area contributed by atoms with E-state index in [1.54, 1.807) is 6.20 Å². The van der Waals surface area contributed by atoms with Crippen LogP contribution in [0, 0.1) is 0 Å². The minimum Gasteiger partial charge on any atom is -0.385 e. The molecule has 2 aromatic rings. The van der Waals surface area contributed by atoms with E-state index in [9.17, 15) is 4.79 Å². The van der Waals surface area contributed by atoms with Gasteiger partial charge in [-0.2, -0.15) is 0 Å². The summed E-state index contributed by atoms with van der Waals surface area (Å²) in [4.78, 5) is 17.7. The Morgan fingerprint density at radius 1 is 1.15 bits per heavy atom. The molecule has 0 aliphatic heterocycles. The molecule has 0 amide bonds. The minimum absolute atomic E-state index is 0.191. The van der Waals surface area contributed by atoms with E-state index in [2.05, 4.69) is 15.3 Å². The number of aromatic amines is 1. The Labute approximate surface area is 123 Å².